The second-order valence-electron chi connectivity index (χ2n) is 5.77. The van der Waals surface area contributed by atoms with Crippen molar-refractivity contribution in [2.75, 3.05) is 5.32 Å². The second kappa shape index (κ2) is 7.25. The summed E-state index contributed by atoms with van der Waals surface area (Å²) < 4.78 is 0. The van der Waals surface area contributed by atoms with Crippen molar-refractivity contribution in [3.8, 4) is 11.3 Å². The van der Waals surface area contributed by atoms with Crippen molar-refractivity contribution in [2.45, 2.75) is 20.3 Å². The van der Waals surface area contributed by atoms with E-state index >= 15 is 0 Å². The molecule has 1 heterocycles. The average Bonchev–Trinajstić information content (AvgIpc) is 2.94. The van der Waals surface area contributed by atoms with Crippen molar-refractivity contribution in [1.82, 2.24) is 4.98 Å². The van der Waals surface area contributed by atoms with Gasteiger partial charge in [0.1, 0.15) is 0 Å². The van der Waals surface area contributed by atoms with Gasteiger partial charge in [-0.1, -0.05) is 35.9 Å². The molecule has 0 saturated carbocycles. The Morgan fingerprint density at radius 2 is 1.96 bits per heavy atom. The average molecular weight is 373 g/mol. The molecule has 0 aliphatic carbocycles. The van der Waals surface area contributed by atoms with Crippen LogP contribution in [0.25, 0.3) is 11.3 Å². The number of rotatable bonds is 5. The summed E-state index contributed by atoms with van der Waals surface area (Å²) in [6.45, 7) is 4.08. The van der Waals surface area contributed by atoms with Crippen LogP contribution in [0, 0.1) is 13.8 Å². The summed E-state index contributed by atoms with van der Waals surface area (Å²) in [5.74, 6) is -0.877. The van der Waals surface area contributed by atoms with E-state index in [2.05, 4.69) is 10.3 Å². The van der Waals surface area contributed by atoms with E-state index in [0.717, 1.165) is 16.8 Å². The highest BCUT2D eigenvalue weighted by molar-refractivity contribution is 7.16. The van der Waals surface area contributed by atoms with Crippen molar-refractivity contribution < 1.29 is 9.90 Å². The van der Waals surface area contributed by atoms with E-state index in [1.807, 2.05) is 50.2 Å². The minimum Gasteiger partial charge on any atom is -0.481 e. The summed E-state index contributed by atoms with van der Waals surface area (Å²) in [6, 6.07) is 13.4. The smallest absolute Gasteiger partial charge is 0.308 e. The van der Waals surface area contributed by atoms with Crippen LogP contribution >= 0.6 is 22.9 Å². The first-order chi connectivity index (χ1) is 11.9. The molecule has 25 heavy (non-hydrogen) atoms. The highest BCUT2D eigenvalue weighted by Crippen LogP contribution is 2.35. The van der Waals surface area contributed by atoms with Gasteiger partial charge >= 0.3 is 5.97 Å². The molecule has 128 valence electrons. The maximum atomic E-state index is 11.2. The zero-order valence-electron chi connectivity index (χ0n) is 13.8. The molecule has 2 aromatic carbocycles. The molecule has 0 saturated heterocycles. The van der Waals surface area contributed by atoms with Crippen LogP contribution in [-0.2, 0) is 11.2 Å². The van der Waals surface area contributed by atoms with E-state index in [-0.39, 0.29) is 6.42 Å². The van der Waals surface area contributed by atoms with Gasteiger partial charge in [-0.25, -0.2) is 4.98 Å². The van der Waals surface area contributed by atoms with Crippen LogP contribution < -0.4 is 5.32 Å². The van der Waals surface area contributed by atoms with Crippen molar-refractivity contribution >= 4 is 39.7 Å². The number of carbonyl (C=O) groups is 1. The number of aliphatic carboxylic acids is 1. The predicted octanol–water partition coefficient (Wildman–Crippen LogP) is 5.45. The van der Waals surface area contributed by atoms with E-state index in [4.69, 9.17) is 11.6 Å². The number of nitrogens with zero attached hydrogens (tertiary/aromatic N) is 1. The molecular formula is C19H17ClN2O2S. The molecule has 0 aliphatic rings. The number of carboxylic acid groups (broad SMARTS) is 1. The number of aromatic nitrogens is 1. The summed E-state index contributed by atoms with van der Waals surface area (Å²) in [6.07, 6.45) is -0.0654. The standard InChI is InChI=1S/C19H17ClN2O2S/c1-11-7-8-13(9-12(11)2)18-16(10-17(23)24)25-19(22-18)21-15-6-4-3-5-14(15)20/h3-9H,10H2,1-2H3,(H,21,22)(H,23,24). The summed E-state index contributed by atoms with van der Waals surface area (Å²) >= 11 is 7.52. The number of carboxylic acids is 1. The molecule has 4 nitrogen and oxygen atoms in total. The Morgan fingerprint density at radius 1 is 1.20 bits per heavy atom. The Morgan fingerprint density at radius 3 is 2.64 bits per heavy atom. The van der Waals surface area contributed by atoms with E-state index in [0.29, 0.717) is 20.7 Å². The Bertz CT molecular complexity index is 937. The summed E-state index contributed by atoms with van der Waals surface area (Å²) in [4.78, 5) is 16.6. The lowest BCUT2D eigenvalue weighted by Gasteiger charge is -2.05. The second-order valence-corrected chi connectivity index (χ2v) is 7.26. The van der Waals surface area contributed by atoms with Gasteiger partial charge in [0.15, 0.2) is 5.13 Å². The minimum absolute atomic E-state index is 0.0654. The van der Waals surface area contributed by atoms with Gasteiger partial charge in [0.25, 0.3) is 0 Å². The quantitative estimate of drug-likeness (QED) is 0.625. The third-order valence-corrected chi connectivity index (χ3v) is 5.21. The molecule has 2 N–H and O–H groups in total. The van der Waals surface area contributed by atoms with Gasteiger partial charge in [-0.3, -0.25) is 4.79 Å². The maximum absolute atomic E-state index is 11.2. The lowest BCUT2D eigenvalue weighted by Crippen LogP contribution is -1.99. The van der Waals surface area contributed by atoms with Gasteiger partial charge < -0.3 is 10.4 Å². The number of hydrogen-bond acceptors (Lipinski definition) is 4. The molecule has 6 heteroatoms. The molecule has 1 aromatic heterocycles. The third-order valence-electron chi connectivity index (χ3n) is 3.90. The Balaban J connectivity index is 2.01. The molecule has 3 rings (SSSR count). The van der Waals surface area contributed by atoms with Crippen LogP contribution in [0.3, 0.4) is 0 Å². The summed E-state index contributed by atoms with van der Waals surface area (Å²) in [5.41, 5.74) is 4.69. The van der Waals surface area contributed by atoms with E-state index in [9.17, 15) is 9.90 Å². The molecule has 0 aliphatic heterocycles. The molecule has 0 atom stereocenters. The number of benzene rings is 2. The fraction of sp³-hybridized carbons (Fsp3) is 0.158. The van der Waals surface area contributed by atoms with Crippen LogP contribution in [0.15, 0.2) is 42.5 Å². The number of nitrogens with one attached hydrogen (secondary N) is 1. The van der Waals surface area contributed by atoms with Crippen LogP contribution in [-0.4, -0.2) is 16.1 Å². The molecular weight excluding hydrogens is 356 g/mol. The number of halogens is 1. The third kappa shape index (κ3) is 4.00. The Hall–Kier alpha value is -2.37. The first-order valence-electron chi connectivity index (χ1n) is 7.74. The van der Waals surface area contributed by atoms with E-state index in [1.54, 1.807) is 6.07 Å². The number of thiazole rings is 1. The van der Waals surface area contributed by atoms with Crippen molar-refractivity contribution in [2.24, 2.45) is 0 Å². The number of anilines is 2. The van der Waals surface area contributed by atoms with Crippen LogP contribution in [0.2, 0.25) is 5.02 Å². The van der Waals surface area contributed by atoms with Crippen molar-refractivity contribution in [3.63, 3.8) is 0 Å². The predicted molar refractivity (Wildman–Crippen MR) is 103 cm³/mol. The fourth-order valence-corrected chi connectivity index (χ4v) is 3.62. The lowest BCUT2D eigenvalue weighted by atomic mass is 10.0. The lowest BCUT2D eigenvalue weighted by molar-refractivity contribution is -0.136. The van der Waals surface area contributed by atoms with Crippen molar-refractivity contribution in [1.29, 1.82) is 0 Å². The number of hydrogen-bond donors (Lipinski definition) is 2. The SMILES string of the molecule is Cc1ccc(-c2nc(Nc3ccccc3Cl)sc2CC(=O)O)cc1C. The van der Waals surface area contributed by atoms with Gasteiger partial charge in [-0.2, -0.15) is 0 Å². The van der Waals surface area contributed by atoms with Crippen LogP contribution in [0.4, 0.5) is 10.8 Å². The highest BCUT2D eigenvalue weighted by Gasteiger charge is 2.17. The van der Waals surface area contributed by atoms with Gasteiger partial charge in [0.2, 0.25) is 0 Å². The van der Waals surface area contributed by atoms with Gasteiger partial charge in [-0.15, -0.1) is 11.3 Å². The van der Waals surface area contributed by atoms with Gasteiger partial charge in [0.05, 0.1) is 22.8 Å². The zero-order chi connectivity index (χ0) is 18.0. The summed E-state index contributed by atoms with van der Waals surface area (Å²) in [7, 11) is 0. The first kappa shape index (κ1) is 17.5. The zero-order valence-corrected chi connectivity index (χ0v) is 15.4. The minimum atomic E-state index is -0.877. The molecule has 3 aromatic rings. The Labute approximate surface area is 155 Å². The van der Waals surface area contributed by atoms with Gasteiger partial charge in [-0.05, 0) is 43.2 Å². The van der Waals surface area contributed by atoms with Crippen molar-refractivity contribution in [3.05, 3.63) is 63.5 Å². The van der Waals surface area contributed by atoms with Crippen LogP contribution in [0.5, 0.6) is 0 Å². The molecule has 0 bridgehead atoms. The normalized spacial score (nSPS) is 10.7. The maximum Gasteiger partial charge on any atom is 0.308 e. The first-order valence-corrected chi connectivity index (χ1v) is 8.94. The number of para-hydroxylation sites is 1. The van der Waals surface area contributed by atoms with Gasteiger partial charge in [0, 0.05) is 10.4 Å². The largest absolute Gasteiger partial charge is 0.481 e. The monoisotopic (exact) mass is 372 g/mol. The fourth-order valence-electron chi connectivity index (χ4n) is 2.45. The van der Waals surface area contributed by atoms with E-state index < -0.39 is 5.97 Å². The molecule has 0 unspecified atom stereocenters. The molecule has 0 spiro atoms. The Kier molecular flexibility index (Phi) is 5.06. The van der Waals surface area contributed by atoms with E-state index in [1.165, 1.54) is 16.9 Å². The molecule has 0 fully saturated rings. The topological polar surface area (TPSA) is 62.2 Å². The number of aryl methyl sites for hydroxylation is 2. The molecule has 0 radical (unpaired) electrons. The highest BCUT2D eigenvalue weighted by atomic mass is 35.5. The summed E-state index contributed by atoms with van der Waals surface area (Å²) in [5, 5.41) is 13.6. The van der Waals surface area contributed by atoms with Crippen LogP contribution in [0.1, 0.15) is 16.0 Å². The molecule has 0 amide bonds.